The molecule has 0 saturated carbocycles. The zero-order valence-electron chi connectivity index (χ0n) is 7.04. The molecule has 0 aliphatic carbocycles. The molecular formula is C10H14S. The summed E-state index contributed by atoms with van der Waals surface area (Å²) >= 11 is 0. The van der Waals surface area contributed by atoms with Crippen molar-refractivity contribution < 1.29 is 0 Å². The summed E-state index contributed by atoms with van der Waals surface area (Å²) in [6.07, 6.45) is 6.40. The van der Waals surface area contributed by atoms with Gasteiger partial charge in [-0.15, -0.1) is 0 Å². The molecule has 1 aromatic rings. The van der Waals surface area contributed by atoms with Gasteiger partial charge in [-0.2, -0.15) is 0 Å². The number of thiol groups is 1. The van der Waals surface area contributed by atoms with Crippen LogP contribution in [-0.4, -0.2) is 12.5 Å². The molecule has 0 spiro atoms. The Morgan fingerprint density at radius 2 is 1.73 bits per heavy atom. The van der Waals surface area contributed by atoms with Gasteiger partial charge in [0.15, 0.2) is 0 Å². The van der Waals surface area contributed by atoms with E-state index in [-0.39, 0.29) is 10.9 Å². The van der Waals surface area contributed by atoms with Crippen LogP contribution in [0.15, 0.2) is 35.7 Å². The Labute approximate surface area is 71.3 Å². The third kappa shape index (κ3) is 2.12. The number of hydrogen-bond donors (Lipinski definition) is 1. The van der Waals surface area contributed by atoms with Gasteiger partial charge in [0.25, 0.3) is 0 Å². The normalized spacial score (nSPS) is 10.9. The third-order valence-corrected chi connectivity index (χ3v) is 2.98. The van der Waals surface area contributed by atoms with Crippen LogP contribution in [0.1, 0.15) is 5.56 Å². The molecule has 0 radical (unpaired) electrons. The van der Waals surface area contributed by atoms with Gasteiger partial charge in [-0.25, -0.2) is 10.9 Å². The molecule has 0 amide bonds. The fraction of sp³-hybridized carbons (Fsp3) is 0.200. The molecule has 0 fully saturated rings. The van der Waals surface area contributed by atoms with Gasteiger partial charge in [-0.3, -0.25) is 0 Å². The van der Waals surface area contributed by atoms with E-state index < -0.39 is 0 Å². The molecule has 1 rings (SSSR count). The van der Waals surface area contributed by atoms with Crippen LogP contribution < -0.4 is 0 Å². The predicted octanol–water partition coefficient (Wildman–Crippen LogP) is 2.95. The van der Waals surface area contributed by atoms with Gasteiger partial charge in [0.1, 0.15) is 0 Å². The van der Waals surface area contributed by atoms with E-state index in [0.29, 0.717) is 0 Å². The van der Waals surface area contributed by atoms with Crippen molar-refractivity contribution in [2.45, 2.75) is 4.90 Å². The third-order valence-electron chi connectivity index (χ3n) is 1.65. The molecule has 1 aromatic carbocycles. The Balaban J connectivity index is 2.91. The summed E-state index contributed by atoms with van der Waals surface area (Å²) in [5.74, 6) is 0. The average Bonchev–Trinajstić information content (AvgIpc) is 2.05. The predicted molar refractivity (Wildman–Crippen MR) is 55.6 cm³/mol. The first-order valence-corrected chi connectivity index (χ1v) is 5.87. The Hall–Kier alpha value is -0.690. The van der Waals surface area contributed by atoms with E-state index in [4.69, 9.17) is 0 Å². The second-order valence-corrected chi connectivity index (χ2v) is 5.00. The lowest BCUT2D eigenvalue weighted by atomic mass is 10.2. The fourth-order valence-electron chi connectivity index (χ4n) is 0.909. The first-order valence-electron chi connectivity index (χ1n) is 3.64. The number of benzene rings is 1. The molecule has 0 nitrogen and oxygen atoms in total. The van der Waals surface area contributed by atoms with E-state index in [1.165, 1.54) is 10.5 Å². The number of rotatable bonds is 2. The van der Waals surface area contributed by atoms with E-state index in [2.05, 4.69) is 43.4 Å². The summed E-state index contributed by atoms with van der Waals surface area (Å²) in [5.41, 5.74) is 1.20. The van der Waals surface area contributed by atoms with Crippen LogP contribution in [0.3, 0.4) is 0 Å². The van der Waals surface area contributed by atoms with E-state index in [9.17, 15) is 0 Å². The second kappa shape index (κ2) is 3.63. The summed E-state index contributed by atoms with van der Waals surface area (Å²) in [4.78, 5) is 1.45. The van der Waals surface area contributed by atoms with Gasteiger partial charge >= 0.3 is 0 Å². The summed E-state index contributed by atoms with van der Waals surface area (Å²) in [6.45, 7) is 3.71. The lowest BCUT2D eigenvalue weighted by Crippen LogP contribution is -1.77. The molecule has 0 unspecified atom stereocenters. The molecule has 0 heterocycles. The van der Waals surface area contributed by atoms with Crippen molar-refractivity contribution in [3.05, 3.63) is 36.4 Å². The van der Waals surface area contributed by atoms with Crippen molar-refractivity contribution in [1.29, 1.82) is 0 Å². The van der Waals surface area contributed by atoms with Crippen molar-refractivity contribution in [2.24, 2.45) is 0 Å². The maximum Gasteiger partial charge on any atom is -0.0130 e. The minimum absolute atomic E-state index is 0.0527. The quantitative estimate of drug-likeness (QED) is 0.642. The molecule has 1 heteroatoms. The Kier molecular flexibility index (Phi) is 2.77. The lowest BCUT2D eigenvalue weighted by molar-refractivity contribution is 1.44. The van der Waals surface area contributed by atoms with Crippen molar-refractivity contribution in [3.8, 4) is 0 Å². The van der Waals surface area contributed by atoms with Crippen LogP contribution in [0.2, 0.25) is 0 Å². The molecule has 0 aliphatic heterocycles. The van der Waals surface area contributed by atoms with Crippen LogP contribution in [-0.2, 0) is 0 Å². The number of hydrogen-bond acceptors (Lipinski definition) is 0. The summed E-state index contributed by atoms with van der Waals surface area (Å²) in [7, 11) is 0.0527. The monoisotopic (exact) mass is 166 g/mol. The SMILES string of the molecule is C=Cc1ccc([SH](C)C)cc1. The molecule has 0 aliphatic rings. The largest absolute Gasteiger partial charge is 0.233 e. The standard InChI is InChI=1S/C10H14S/c1-4-9-5-7-10(8-6-9)11(2)3/h4-8,11H,1H2,2-3H3. The highest BCUT2D eigenvalue weighted by Crippen LogP contribution is 2.27. The van der Waals surface area contributed by atoms with Crippen LogP contribution in [0, 0.1) is 0 Å². The van der Waals surface area contributed by atoms with Gasteiger partial charge in [0.2, 0.25) is 0 Å². The molecule has 0 aromatic heterocycles. The maximum atomic E-state index is 3.71. The molecule has 11 heavy (non-hydrogen) atoms. The van der Waals surface area contributed by atoms with Crippen LogP contribution in [0.25, 0.3) is 6.08 Å². The van der Waals surface area contributed by atoms with Gasteiger partial charge in [-0.05, 0) is 35.1 Å². The minimum Gasteiger partial charge on any atom is -0.233 e. The highest BCUT2D eigenvalue weighted by atomic mass is 32.2. The van der Waals surface area contributed by atoms with Crippen LogP contribution in [0.5, 0.6) is 0 Å². The molecule has 0 saturated heterocycles. The molecular weight excluding hydrogens is 152 g/mol. The summed E-state index contributed by atoms with van der Waals surface area (Å²) in [5, 5.41) is 0. The van der Waals surface area contributed by atoms with Gasteiger partial charge in [-0.1, -0.05) is 24.8 Å². The molecule has 0 bridgehead atoms. The Morgan fingerprint density at radius 3 is 2.09 bits per heavy atom. The molecule has 0 atom stereocenters. The topological polar surface area (TPSA) is 0 Å². The van der Waals surface area contributed by atoms with Crippen molar-refractivity contribution >= 4 is 17.0 Å². The first-order chi connectivity index (χ1) is 5.24. The highest BCUT2D eigenvalue weighted by Gasteiger charge is 1.92. The van der Waals surface area contributed by atoms with Crippen molar-refractivity contribution in [2.75, 3.05) is 12.5 Å². The highest BCUT2D eigenvalue weighted by molar-refractivity contribution is 8.15. The second-order valence-electron chi connectivity index (χ2n) is 2.69. The summed E-state index contributed by atoms with van der Waals surface area (Å²) in [6, 6.07) is 8.60. The molecule has 0 N–H and O–H groups in total. The van der Waals surface area contributed by atoms with E-state index in [0.717, 1.165) is 0 Å². The minimum atomic E-state index is 0.0527. The first kappa shape index (κ1) is 8.41. The fourth-order valence-corrected chi connectivity index (χ4v) is 1.65. The van der Waals surface area contributed by atoms with Crippen LogP contribution in [0.4, 0.5) is 0 Å². The average molecular weight is 166 g/mol. The zero-order valence-corrected chi connectivity index (χ0v) is 7.94. The summed E-state index contributed by atoms with van der Waals surface area (Å²) < 4.78 is 0. The van der Waals surface area contributed by atoms with E-state index in [1.54, 1.807) is 0 Å². The van der Waals surface area contributed by atoms with E-state index in [1.807, 2.05) is 6.08 Å². The Morgan fingerprint density at radius 1 is 1.18 bits per heavy atom. The van der Waals surface area contributed by atoms with Gasteiger partial charge in [0.05, 0.1) is 0 Å². The van der Waals surface area contributed by atoms with Crippen molar-refractivity contribution in [3.63, 3.8) is 0 Å². The Bertz CT molecular complexity index is 234. The van der Waals surface area contributed by atoms with Gasteiger partial charge in [0, 0.05) is 0 Å². The smallest absolute Gasteiger partial charge is 0.0130 e. The van der Waals surface area contributed by atoms with Gasteiger partial charge < -0.3 is 0 Å². The maximum absolute atomic E-state index is 3.71. The zero-order chi connectivity index (χ0) is 8.27. The molecule has 60 valence electrons. The lowest BCUT2D eigenvalue weighted by Gasteiger charge is -2.08. The van der Waals surface area contributed by atoms with Crippen LogP contribution >= 0.6 is 10.9 Å². The van der Waals surface area contributed by atoms with E-state index >= 15 is 0 Å². The van der Waals surface area contributed by atoms with Crippen molar-refractivity contribution in [1.82, 2.24) is 0 Å².